The summed E-state index contributed by atoms with van der Waals surface area (Å²) in [6.45, 7) is 4.00. The van der Waals surface area contributed by atoms with Crippen LogP contribution in [-0.4, -0.2) is 48.3 Å². The highest BCUT2D eigenvalue weighted by atomic mass is 35.5. The summed E-state index contributed by atoms with van der Waals surface area (Å²) in [5.74, 6) is 0.0221. The molecule has 0 saturated carbocycles. The van der Waals surface area contributed by atoms with Crippen LogP contribution in [0.4, 0.5) is 13.2 Å². The number of aliphatic hydroxyl groups is 1. The maximum absolute atomic E-state index is 12.5. The number of hydrogen-bond donors (Lipinski definition) is 1. The Morgan fingerprint density at radius 3 is 2.28 bits per heavy atom. The number of hydrogen-bond acceptors (Lipinski definition) is 4. The number of benzene rings is 2. The zero-order valence-electron chi connectivity index (χ0n) is 20.0. The number of nitrogens with zero attached hydrogens (tertiary/aromatic N) is 2. The van der Waals surface area contributed by atoms with Crippen LogP contribution in [0.2, 0.25) is 10.0 Å². The molecule has 1 fully saturated rings. The van der Waals surface area contributed by atoms with Crippen LogP contribution >= 0.6 is 23.2 Å². The van der Waals surface area contributed by atoms with E-state index in [1.165, 1.54) is 17.7 Å². The van der Waals surface area contributed by atoms with Gasteiger partial charge in [-0.2, -0.15) is 0 Å². The summed E-state index contributed by atoms with van der Waals surface area (Å²) in [6, 6.07) is 11.3. The van der Waals surface area contributed by atoms with Crippen molar-refractivity contribution in [2.24, 2.45) is 10.9 Å². The second kappa shape index (κ2) is 11.1. The third kappa shape index (κ3) is 6.43. The molecule has 9 heteroatoms. The van der Waals surface area contributed by atoms with Gasteiger partial charge < -0.3 is 9.84 Å². The molecule has 2 aliphatic rings. The number of piperidine rings is 1. The predicted octanol–water partition coefficient (Wildman–Crippen LogP) is 6.83. The Morgan fingerprint density at radius 2 is 1.69 bits per heavy atom. The number of aliphatic imine (C=N–C) groups is 1. The van der Waals surface area contributed by atoms with Crippen molar-refractivity contribution in [2.75, 3.05) is 26.2 Å². The van der Waals surface area contributed by atoms with E-state index in [9.17, 15) is 18.3 Å². The van der Waals surface area contributed by atoms with Crippen LogP contribution in [0.1, 0.15) is 37.3 Å². The first-order valence-electron chi connectivity index (χ1n) is 12.0. The van der Waals surface area contributed by atoms with Crippen LogP contribution in [0.15, 0.2) is 59.1 Å². The lowest BCUT2D eigenvalue weighted by atomic mass is 9.81. The van der Waals surface area contributed by atoms with Gasteiger partial charge in [-0.3, -0.25) is 9.89 Å². The summed E-state index contributed by atoms with van der Waals surface area (Å²) in [5.41, 5.74) is 3.43. The van der Waals surface area contributed by atoms with Gasteiger partial charge in [0.2, 0.25) is 0 Å². The third-order valence-corrected chi connectivity index (χ3v) is 7.48. The monoisotopic (exact) mass is 540 g/mol. The van der Waals surface area contributed by atoms with Gasteiger partial charge in [0.1, 0.15) is 5.75 Å². The molecular formula is C27H29Cl2F3N2O2. The Balaban J connectivity index is 1.43. The van der Waals surface area contributed by atoms with E-state index in [2.05, 4.69) is 15.7 Å². The number of rotatable bonds is 7. The van der Waals surface area contributed by atoms with Gasteiger partial charge in [0, 0.05) is 28.2 Å². The van der Waals surface area contributed by atoms with Gasteiger partial charge in [-0.25, -0.2) is 0 Å². The van der Waals surface area contributed by atoms with Crippen molar-refractivity contribution in [1.29, 1.82) is 0 Å². The summed E-state index contributed by atoms with van der Waals surface area (Å²) in [6.07, 6.45) is 0.890. The fourth-order valence-electron chi connectivity index (χ4n) is 5.15. The van der Waals surface area contributed by atoms with Gasteiger partial charge in [0.15, 0.2) is 0 Å². The zero-order valence-corrected chi connectivity index (χ0v) is 21.5. The largest absolute Gasteiger partial charge is 0.573 e. The number of ether oxygens (including phenoxy) is 1. The molecular weight excluding hydrogens is 512 g/mol. The molecule has 0 aromatic heterocycles. The second-order valence-electron chi connectivity index (χ2n) is 9.50. The highest BCUT2D eigenvalue weighted by Crippen LogP contribution is 2.35. The number of aliphatic hydroxyl groups excluding tert-OH is 1. The molecule has 2 aromatic carbocycles. The molecule has 4 nitrogen and oxygen atoms in total. The Bertz CT molecular complexity index is 1110. The number of alkyl halides is 3. The molecule has 1 atom stereocenters. The highest BCUT2D eigenvalue weighted by Gasteiger charge is 2.37. The second-order valence-corrected chi connectivity index (χ2v) is 10.4. The van der Waals surface area contributed by atoms with Gasteiger partial charge in [0.05, 0.1) is 12.1 Å². The molecule has 0 aliphatic carbocycles. The number of halogens is 5. The Hall–Kier alpha value is -2.06. The normalized spacial score (nSPS) is 19.4. The average molecular weight is 541 g/mol. The van der Waals surface area contributed by atoms with Crippen molar-refractivity contribution in [3.05, 3.63) is 75.3 Å². The van der Waals surface area contributed by atoms with E-state index < -0.39 is 11.9 Å². The van der Waals surface area contributed by atoms with Crippen LogP contribution in [0.5, 0.6) is 5.75 Å². The quantitative estimate of drug-likeness (QED) is 0.418. The average Bonchev–Trinajstić information content (AvgIpc) is 2.83. The van der Waals surface area contributed by atoms with E-state index in [0.717, 1.165) is 62.2 Å². The fourth-order valence-corrected chi connectivity index (χ4v) is 5.72. The molecule has 2 aliphatic heterocycles. The van der Waals surface area contributed by atoms with Crippen LogP contribution in [0.25, 0.3) is 0 Å². The van der Waals surface area contributed by atoms with Gasteiger partial charge in [0.25, 0.3) is 0 Å². The van der Waals surface area contributed by atoms with Gasteiger partial charge >= 0.3 is 6.36 Å². The van der Waals surface area contributed by atoms with Crippen LogP contribution in [0, 0.1) is 5.92 Å². The van der Waals surface area contributed by atoms with Crippen LogP contribution in [0.3, 0.4) is 0 Å². The predicted molar refractivity (Wildman–Crippen MR) is 137 cm³/mol. The lowest BCUT2D eigenvalue weighted by Gasteiger charge is -2.45. The molecule has 0 amide bonds. The fraction of sp³-hybridized carbons (Fsp3) is 0.444. The van der Waals surface area contributed by atoms with E-state index in [4.69, 9.17) is 28.2 Å². The molecule has 2 aromatic rings. The lowest BCUT2D eigenvalue weighted by molar-refractivity contribution is -0.274. The van der Waals surface area contributed by atoms with E-state index in [1.54, 1.807) is 18.2 Å². The summed E-state index contributed by atoms with van der Waals surface area (Å²) >= 11 is 12.4. The lowest BCUT2D eigenvalue weighted by Crippen LogP contribution is -2.51. The molecule has 36 heavy (non-hydrogen) atoms. The van der Waals surface area contributed by atoms with Crippen molar-refractivity contribution in [3.8, 4) is 5.75 Å². The van der Waals surface area contributed by atoms with Crippen molar-refractivity contribution >= 4 is 28.9 Å². The molecule has 0 bridgehead atoms. The Labute approximate surface area is 219 Å². The number of allylic oxidation sites excluding steroid dienone is 1. The van der Waals surface area contributed by atoms with Gasteiger partial charge in [-0.1, -0.05) is 41.4 Å². The van der Waals surface area contributed by atoms with Crippen molar-refractivity contribution in [1.82, 2.24) is 4.90 Å². The Kier molecular flexibility index (Phi) is 8.35. The molecule has 0 radical (unpaired) electrons. The van der Waals surface area contributed by atoms with E-state index >= 15 is 0 Å². The maximum atomic E-state index is 12.5. The molecule has 1 unspecified atom stereocenters. The first kappa shape index (κ1) is 27.0. The smallest absolute Gasteiger partial charge is 0.406 e. The first-order chi connectivity index (χ1) is 17.1. The third-order valence-electron chi connectivity index (χ3n) is 7.05. The van der Waals surface area contributed by atoms with Crippen LogP contribution < -0.4 is 4.74 Å². The highest BCUT2D eigenvalue weighted by molar-refractivity contribution is 6.34. The van der Waals surface area contributed by atoms with E-state index in [1.807, 2.05) is 19.1 Å². The van der Waals surface area contributed by atoms with Crippen molar-refractivity contribution in [2.45, 2.75) is 44.5 Å². The summed E-state index contributed by atoms with van der Waals surface area (Å²) < 4.78 is 41.5. The number of dihydropyridines is 1. The maximum Gasteiger partial charge on any atom is 0.573 e. The van der Waals surface area contributed by atoms with Crippen LogP contribution in [-0.2, 0) is 12.0 Å². The molecule has 194 valence electrons. The SMILES string of the molecule is CC(CO)(c1ccc(OC(F)(F)F)cc1)N1CCC(C2=NCCC=C2Cc2cc(Cl)cc(Cl)c2)CC1. The van der Waals surface area contributed by atoms with Crippen molar-refractivity contribution < 1.29 is 23.0 Å². The minimum atomic E-state index is -4.74. The van der Waals surface area contributed by atoms with Gasteiger partial charge in [-0.15, -0.1) is 13.2 Å². The summed E-state index contributed by atoms with van der Waals surface area (Å²) in [7, 11) is 0. The number of likely N-dealkylation sites (tertiary alicyclic amines) is 1. The minimum Gasteiger partial charge on any atom is -0.406 e. The van der Waals surface area contributed by atoms with E-state index in [0.29, 0.717) is 16.0 Å². The molecule has 1 N–H and O–H groups in total. The zero-order chi connectivity index (χ0) is 25.9. The van der Waals surface area contributed by atoms with Gasteiger partial charge in [-0.05, 0) is 92.7 Å². The topological polar surface area (TPSA) is 45.1 Å². The molecule has 2 heterocycles. The summed E-state index contributed by atoms with van der Waals surface area (Å²) in [5, 5.41) is 11.5. The molecule has 1 saturated heterocycles. The van der Waals surface area contributed by atoms with E-state index in [-0.39, 0.29) is 12.4 Å². The van der Waals surface area contributed by atoms with Crippen molar-refractivity contribution in [3.63, 3.8) is 0 Å². The Morgan fingerprint density at radius 1 is 1.06 bits per heavy atom. The first-order valence-corrected chi connectivity index (χ1v) is 12.7. The molecule has 0 spiro atoms. The minimum absolute atomic E-state index is 0.154. The standard InChI is InChI=1S/C27H29Cl2F3N2O2/c1-26(17-35,21-4-6-24(7-5-21)36-27(30,31)32)34-11-8-19(9-12-34)25-20(3-2-10-33-25)13-18-14-22(28)16-23(29)15-18/h3-7,14-16,19,35H,2,8-13,17H2,1H3. The molecule has 4 rings (SSSR count). The summed E-state index contributed by atoms with van der Waals surface area (Å²) in [4.78, 5) is 7.09.